The highest BCUT2D eigenvalue weighted by Crippen LogP contribution is 2.42. The van der Waals surface area contributed by atoms with Crippen molar-refractivity contribution in [2.24, 2.45) is 0 Å². The summed E-state index contributed by atoms with van der Waals surface area (Å²) >= 11 is 3.52. The summed E-state index contributed by atoms with van der Waals surface area (Å²) in [4.78, 5) is 3.82. The van der Waals surface area contributed by atoms with Gasteiger partial charge in [-0.1, -0.05) is 17.6 Å². The van der Waals surface area contributed by atoms with Crippen molar-refractivity contribution < 1.29 is 4.52 Å². The number of nitrogens with two attached hydrogens (primary N) is 1. The fraction of sp³-hybridized carbons (Fsp3) is 0.312. The molecule has 0 atom stereocenters. The highest BCUT2D eigenvalue weighted by molar-refractivity contribution is 7.16. The summed E-state index contributed by atoms with van der Waals surface area (Å²) in [6.45, 7) is 0. The molecule has 5 heteroatoms. The molecule has 0 fully saturated rings. The van der Waals surface area contributed by atoms with E-state index in [4.69, 9.17) is 10.3 Å². The van der Waals surface area contributed by atoms with E-state index < -0.39 is 0 Å². The van der Waals surface area contributed by atoms with Crippen LogP contribution >= 0.6 is 22.7 Å². The van der Waals surface area contributed by atoms with E-state index in [1.807, 2.05) is 17.4 Å². The molecule has 0 spiro atoms. The van der Waals surface area contributed by atoms with Gasteiger partial charge in [-0.3, -0.25) is 0 Å². The van der Waals surface area contributed by atoms with Crippen LogP contribution in [-0.2, 0) is 12.8 Å². The van der Waals surface area contributed by atoms with Crippen molar-refractivity contribution in [1.82, 2.24) is 5.16 Å². The molecular weight excluding hydrogens is 300 g/mol. The minimum atomic E-state index is 0.413. The lowest BCUT2D eigenvalue weighted by atomic mass is 10.1. The Balaban J connectivity index is 1.81. The number of rotatable bonds is 2. The Morgan fingerprint density at radius 2 is 2.05 bits per heavy atom. The first-order chi connectivity index (χ1) is 10.3. The van der Waals surface area contributed by atoms with Crippen LogP contribution < -0.4 is 5.73 Å². The number of aromatic nitrogens is 1. The van der Waals surface area contributed by atoms with Crippen LogP contribution in [0.3, 0.4) is 0 Å². The van der Waals surface area contributed by atoms with E-state index in [0.29, 0.717) is 5.88 Å². The summed E-state index contributed by atoms with van der Waals surface area (Å²) in [6, 6.07) is 6.38. The Hall–Kier alpha value is -1.59. The molecule has 3 aromatic heterocycles. The summed E-state index contributed by atoms with van der Waals surface area (Å²) in [5.41, 5.74) is 9.33. The molecule has 3 aromatic rings. The van der Waals surface area contributed by atoms with Gasteiger partial charge in [-0.15, -0.1) is 22.7 Å². The molecule has 0 amide bonds. The summed E-state index contributed by atoms with van der Waals surface area (Å²) in [5.74, 6) is 0.413. The first-order valence-corrected chi connectivity index (χ1v) is 8.93. The van der Waals surface area contributed by atoms with Crippen molar-refractivity contribution in [3.05, 3.63) is 34.0 Å². The standard InChI is InChI=1S/C16H16N2OS2/c17-16-14(12-7-4-8-20-12)15(18-19-16)13-9-10-5-2-1-3-6-11(10)21-13/h4,7-9H,1-3,5-6,17H2. The molecular formula is C16H16N2OS2. The molecule has 21 heavy (non-hydrogen) atoms. The zero-order valence-electron chi connectivity index (χ0n) is 11.6. The Bertz CT molecular complexity index is 732. The second-order valence-electron chi connectivity index (χ2n) is 5.37. The van der Waals surface area contributed by atoms with E-state index in [9.17, 15) is 0 Å². The Morgan fingerprint density at radius 1 is 1.14 bits per heavy atom. The molecule has 0 radical (unpaired) electrons. The van der Waals surface area contributed by atoms with Crippen LogP contribution in [0.25, 0.3) is 21.0 Å². The number of nitrogen functional groups attached to an aromatic ring is 1. The van der Waals surface area contributed by atoms with Crippen molar-refractivity contribution in [3.63, 3.8) is 0 Å². The lowest BCUT2D eigenvalue weighted by Crippen LogP contribution is -1.84. The molecule has 108 valence electrons. The number of hydrogen-bond donors (Lipinski definition) is 1. The number of nitrogens with zero attached hydrogens (tertiary/aromatic N) is 1. The van der Waals surface area contributed by atoms with Gasteiger partial charge in [0.25, 0.3) is 0 Å². The van der Waals surface area contributed by atoms with E-state index in [1.165, 1.54) is 47.4 Å². The molecule has 0 unspecified atom stereocenters. The van der Waals surface area contributed by atoms with Gasteiger partial charge in [-0.2, -0.15) is 0 Å². The number of hydrogen-bond acceptors (Lipinski definition) is 5. The average Bonchev–Trinajstić information content (AvgIpc) is 3.17. The predicted molar refractivity (Wildman–Crippen MR) is 88.8 cm³/mol. The van der Waals surface area contributed by atoms with Gasteiger partial charge in [-0.25, -0.2) is 0 Å². The molecule has 2 N–H and O–H groups in total. The Kier molecular flexibility index (Phi) is 3.31. The van der Waals surface area contributed by atoms with E-state index in [2.05, 4.69) is 22.7 Å². The molecule has 1 aliphatic carbocycles. The highest BCUT2D eigenvalue weighted by Gasteiger charge is 2.21. The quantitative estimate of drug-likeness (QED) is 0.678. The lowest BCUT2D eigenvalue weighted by Gasteiger charge is -1.97. The van der Waals surface area contributed by atoms with Gasteiger partial charge in [-0.05, 0) is 48.8 Å². The topological polar surface area (TPSA) is 52.0 Å². The molecule has 0 bridgehead atoms. The summed E-state index contributed by atoms with van der Waals surface area (Å²) < 4.78 is 5.27. The fourth-order valence-corrected chi connectivity index (χ4v) is 4.93. The molecule has 4 rings (SSSR count). The summed E-state index contributed by atoms with van der Waals surface area (Å²) in [6.07, 6.45) is 6.32. The van der Waals surface area contributed by atoms with Gasteiger partial charge in [0.2, 0.25) is 5.88 Å². The normalized spacial score (nSPS) is 14.9. The van der Waals surface area contributed by atoms with Gasteiger partial charge < -0.3 is 10.3 Å². The SMILES string of the molecule is Nc1onc(-c2cc3c(s2)CCCCC3)c1-c1cccs1. The van der Waals surface area contributed by atoms with Crippen molar-refractivity contribution in [2.75, 3.05) is 5.73 Å². The van der Waals surface area contributed by atoms with Crippen LogP contribution in [0.5, 0.6) is 0 Å². The molecule has 0 saturated heterocycles. The Labute approximate surface area is 131 Å². The zero-order valence-corrected chi connectivity index (χ0v) is 13.2. The van der Waals surface area contributed by atoms with Crippen LogP contribution in [0.4, 0.5) is 5.88 Å². The van der Waals surface area contributed by atoms with Crippen molar-refractivity contribution in [2.45, 2.75) is 32.1 Å². The van der Waals surface area contributed by atoms with Crippen molar-refractivity contribution in [3.8, 4) is 21.0 Å². The van der Waals surface area contributed by atoms with Gasteiger partial charge in [0.1, 0.15) is 5.69 Å². The molecule has 3 heterocycles. The maximum Gasteiger partial charge on any atom is 0.231 e. The van der Waals surface area contributed by atoms with Gasteiger partial charge in [0, 0.05) is 9.75 Å². The van der Waals surface area contributed by atoms with Crippen LogP contribution in [0.15, 0.2) is 28.1 Å². The lowest BCUT2D eigenvalue weighted by molar-refractivity contribution is 0.439. The summed E-state index contributed by atoms with van der Waals surface area (Å²) in [7, 11) is 0. The van der Waals surface area contributed by atoms with E-state index in [0.717, 1.165) is 16.1 Å². The first kappa shape index (κ1) is 13.1. The minimum Gasteiger partial charge on any atom is -0.367 e. The monoisotopic (exact) mass is 316 g/mol. The highest BCUT2D eigenvalue weighted by atomic mass is 32.1. The number of thiophene rings is 2. The van der Waals surface area contributed by atoms with Gasteiger partial charge in [0.15, 0.2) is 0 Å². The number of fused-ring (bicyclic) bond motifs is 1. The minimum absolute atomic E-state index is 0.413. The van der Waals surface area contributed by atoms with Crippen molar-refractivity contribution >= 4 is 28.6 Å². The van der Waals surface area contributed by atoms with Crippen LogP contribution in [0.1, 0.15) is 29.7 Å². The largest absolute Gasteiger partial charge is 0.367 e. The third-order valence-corrected chi connectivity index (χ3v) is 6.10. The second kappa shape index (κ2) is 5.31. The van der Waals surface area contributed by atoms with Crippen molar-refractivity contribution in [1.29, 1.82) is 0 Å². The van der Waals surface area contributed by atoms with Gasteiger partial charge >= 0.3 is 0 Å². The van der Waals surface area contributed by atoms with Gasteiger partial charge in [0.05, 0.1) is 10.4 Å². The number of anilines is 1. The molecule has 0 aliphatic heterocycles. The van der Waals surface area contributed by atoms with E-state index in [-0.39, 0.29) is 0 Å². The fourth-order valence-electron chi connectivity index (χ4n) is 2.91. The predicted octanol–water partition coefficient (Wildman–Crippen LogP) is 4.98. The van der Waals surface area contributed by atoms with Crippen LogP contribution in [-0.4, -0.2) is 5.16 Å². The molecule has 3 nitrogen and oxygen atoms in total. The zero-order chi connectivity index (χ0) is 14.2. The first-order valence-electron chi connectivity index (χ1n) is 7.24. The van der Waals surface area contributed by atoms with E-state index >= 15 is 0 Å². The molecule has 0 saturated carbocycles. The third kappa shape index (κ3) is 2.30. The van der Waals surface area contributed by atoms with Crippen LogP contribution in [0.2, 0.25) is 0 Å². The maximum absolute atomic E-state index is 6.00. The number of aryl methyl sites for hydroxylation is 2. The Morgan fingerprint density at radius 3 is 2.90 bits per heavy atom. The molecule has 0 aromatic carbocycles. The third-order valence-electron chi connectivity index (χ3n) is 3.97. The second-order valence-corrected chi connectivity index (χ2v) is 7.45. The van der Waals surface area contributed by atoms with Crippen LogP contribution in [0, 0.1) is 0 Å². The summed E-state index contributed by atoms with van der Waals surface area (Å²) in [5, 5.41) is 6.28. The molecule has 1 aliphatic rings. The van der Waals surface area contributed by atoms with E-state index in [1.54, 1.807) is 11.3 Å². The smallest absolute Gasteiger partial charge is 0.231 e. The maximum atomic E-state index is 6.00. The average molecular weight is 316 g/mol.